The lowest BCUT2D eigenvalue weighted by Gasteiger charge is -2.46. The Kier molecular flexibility index (Phi) is 5.42. The van der Waals surface area contributed by atoms with Crippen LogP contribution in [0.2, 0.25) is 0 Å². The van der Waals surface area contributed by atoms with Crippen molar-refractivity contribution in [2.24, 2.45) is 5.92 Å². The van der Waals surface area contributed by atoms with Gasteiger partial charge in [0.1, 0.15) is 0 Å². The molecule has 0 radical (unpaired) electrons. The first kappa shape index (κ1) is 19.9. The maximum atomic E-state index is 13.1. The highest BCUT2D eigenvalue weighted by Crippen LogP contribution is 2.36. The number of hydrogen-bond acceptors (Lipinski definition) is 5. The van der Waals surface area contributed by atoms with Crippen LogP contribution in [0.25, 0.3) is 0 Å². The van der Waals surface area contributed by atoms with Crippen molar-refractivity contribution in [1.82, 2.24) is 4.31 Å². The molecule has 2 N–H and O–H groups in total. The van der Waals surface area contributed by atoms with E-state index in [1.54, 1.807) is 43.3 Å². The Morgan fingerprint density at radius 2 is 1.79 bits per heavy atom. The van der Waals surface area contributed by atoms with E-state index in [9.17, 15) is 23.1 Å². The van der Waals surface area contributed by atoms with Gasteiger partial charge in [0, 0.05) is 12.2 Å². The van der Waals surface area contributed by atoms with Crippen LogP contribution in [-0.4, -0.2) is 42.3 Å². The number of amides is 1. The molecule has 1 saturated heterocycles. The van der Waals surface area contributed by atoms with Crippen LogP contribution in [0.5, 0.6) is 0 Å². The van der Waals surface area contributed by atoms with Crippen molar-refractivity contribution in [3.05, 3.63) is 59.7 Å². The smallest absolute Gasteiger partial charge is 0.337 e. The van der Waals surface area contributed by atoms with Gasteiger partial charge in [0.15, 0.2) is 0 Å². The zero-order chi connectivity index (χ0) is 20.5. The van der Waals surface area contributed by atoms with Gasteiger partial charge in [-0.3, -0.25) is 4.79 Å². The van der Waals surface area contributed by atoms with Crippen molar-refractivity contribution >= 4 is 27.6 Å². The Morgan fingerprint density at radius 1 is 1.14 bits per heavy atom. The van der Waals surface area contributed by atoms with Crippen molar-refractivity contribution in [2.45, 2.75) is 31.2 Å². The molecular weight excluding hydrogens is 380 g/mol. The minimum atomic E-state index is -3.98. The molecule has 0 unspecified atom stereocenters. The van der Waals surface area contributed by atoms with Gasteiger partial charge in [0.2, 0.25) is 5.91 Å². The number of carbonyl (C=O) groups is 2. The van der Waals surface area contributed by atoms with Crippen LogP contribution in [0.1, 0.15) is 29.3 Å². The van der Waals surface area contributed by atoms with E-state index in [1.165, 1.54) is 12.1 Å². The van der Waals surface area contributed by atoms with Crippen molar-refractivity contribution in [2.75, 3.05) is 11.9 Å². The molecule has 148 valence electrons. The molecule has 1 amide bonds. The summed E-state index contributed by atoms with van der Waals surface area (Å²) in [5, 5.41) is 12.3. The summed E-state index contributed by atoms with van der Waals surface area (Å²) in [7, 11) is -3.98. The van der Waals surface area contributed by atoms with Crippen LogP contribution in [0.4, 0.5) is 5.69 Å². The SMILES string of the molecule is CC[C@H]1C(=O)N(S(=O)(=O)c2ccccc2C)[C@H]1CNc1ccccc1C(=O)O. The average molecular weight is 402 g/mol. The molecule has 2 aromatic carbocycles. The third kappa shape index (κ3) is 3.35. The van der Waals surface area contributed by atoms with Crippen LogP contribution in [0.3, 0.4) is 0 Å². The number of benzene rings is 2. The molecular formula is C20H22N2O5S. The highest BCUT2D eigenvalue weighted by atomic mass is 32.2. The average Bonchev–Trinajstić information content (AvgIpc) is 2.65. The molecule has 0 spiro atoms. The number of sulfonamides is 1. The summed E-state index contributed by atoms with van der Waals surface area (Å²) in [4.78, 5) is 24.0. The van der Waals surface area contributed by atoms with E-state index < -0.39 is 33.9 Å². The van der Waals surface area contributed by atoms with Gasteiger partial charge in [-0.25, -0.2) is 17.5 Å². The molecule has 0 aromatic heterocycles. The normalized spacial score (nSPS) is 19.2. The quantitative estimate of drug-likeness (QED) is 0.690. The van der Waals surface area contributed by atoms with Gasteiger partial charge in [0.25, 0.3) is 10.0 Å². The number of aryl methyl sites for hydroxylation is 1. The monoisotopic (exact) mass is 402 g/mol. The lowest BCUT2D eigenvalue weighted by molar-refractivity contribution is -0.145. The molecule has 0 bridgehead atoms. The van der Waals surface area contributed by atoms with Gasteiger partial charge in [-0.15, -0.1) is 0 Å². The first-order chi connectivity index (χ1) is 13.3. The summed E-state index contributed by atoms with van der Waals surface area (Å²) >= 11 is 0. The summed E-state index contributed by atoms with van der Waals surface area (Å²) in [6, 6.07) is 12.3. The highest BCUT2D eigenvalue weighted by Gasteiger charge is 2.52. The summed E-state index contributed by atoms with van der Waals surface area (Å²) in [5.74, 6) is -1.93. The number of carboxylic acid groups (broad SMARTS) is 1. The van der Waals surface area contributed by atoms with Crippen molar-refractivity contribution < 1.29 is 23.1 Å². The van der Waals surface area contributed by atoms with Gasteiger partial charge in [-0.2, -0.15) is 0 Å². The minimum absolute atomic E-state index is 0.0921. The lowest BCUT2D eigenvalue weighted by atomic mass is 9.88. The van der Waals surface area contributed by atoms with Gasteiger partial charge >= 0.3 is 5.97 Å². The second kappa shape index (κ2) is 7.63. The van der Waals surface area contributed by atoms with Crippen LogP contribution < -0.4 is 5.32 Å². The number of β-lactam (4-membered cyclic amide) rings is 1. The molecule has 0 aliphatic carbocycles. The van der Waals surface area contributed by atoms with E-state index in [2.05, 4.69) is 5.32 Å². The summed E-state index contributed by atoms with van der Waals surface area (Å²) < 4.78 is 27.1. The number of para-hydroxylation sites is 1. The number of nitrogens with zero attached hydrogens (tertiary/aromatic N) is 1. The van der Waals surface area contributed by atoms with Crippen LogP contribution in [0, 0.1) is 12.8 Å². The number of rotatable bonds is 7. The highest BCUT2D eigenvalue weighted by molar-refractivity contribution is 7.89. The number of nitrogens with one attached hydrogen (secondary N) is 1. The predicted molar refractivity (Wildman–Crippen MR) is 105 cm³/mol. The third-order valence-electron chi connectivity index (χ3n) is 5.03. The molecule has 28 heavy (non-hydrogen) atoms. The Hall–Kier alpha value is -2.87. The minimum Gasteiger partial charge on any atom is -0.478 e. The molecule has 2 atom stereocenters. The zero-order valence-corrected chi connectivity index (χ0v) is 16.4. The van der Waals surface area contributed by atoms with E-state index in [0.29, 0.717) is 17.7 Å². The number of anilines is 1. The third-order valence-corrected chi connectivity index (χ3v) is 7.01. The zero-order valence-electron chi connectivity index (χ0n) is 15.6. The van der Waals surface area contributed by atoms with Crippen LogP contribution in [0.15, 0.2) is 53.4 Å². The molecule has 1 aliphatic heterocycles. The number of aromatic carboxylic acids is 1. The molecule has 0 saturated carbocycles. The molecule has 2 aromatic rings. The molecule has 7 nitrogen and oxygen atoms in total. The Morgan fingerprint density at radius 3 is 2.43 bits per heavy atom. The number of carboxylic acids is 1. The Labute approximate surface area is 164 Å². The van der Waals surface area contributed by atoms with E-state index >= 15 is 0 Å². The van der Waals surface area contributed by atoms with Crippen molar-refractivity contribution in [3.63, 3.8) is 0 Å². The van der Waals surface area contributed by atoms with Crippen LogP contribution in [-0.2, 0) is 14.8 Å². The largest absolute Gasteiger partial charge is 0.478 e. The first-order valence-corrected chi connectivity index (χ1v) is 10.4. The topological polar surface area (TPSA) is 104 Å². The first-order valence-electron chi connectivity index (χ1n) is 8.99. The van der Waals surface area contributed by atoms with Gasteiger partial charge in [0.05, 0.1) is 22.4 Å². The fourth-order valence-electron chi connectivity index (χ4n) is 3.53. The van der Waals surface area contributed by atoms with Crippen LogP contribution >= 0.6 is 0 Å². The lowest BCUT2D eigenvalue weighted by Crippen LogP contribution is -2.65. The van der Waals surface area contributed by atoms with E-state index in [1.807, 2.05) is 6.92 Å². The molecule has 1 fully saturated rings. The molecule has 1 heterocycles. The molecule has 1 aliphatic rings. The maximum absolute atomic E-state index is 13.1. The Bertz CT molecular complexity index is 1020. The van der Waals surface area contributed by atoms with Gasteiger partial charge in [-0.1, -0.05) is 37.3 Å². The second-order valence-electron chi connectivity index (χ2n) is 6.72. The van der Waals surface area contributed by atoms with Gasteiger partial charge < -0.3 is 10.4 Å². The standard InChI is InChI=1S/C20H22N2O5S/c1-3-14-17(12-21-16-10-6-5-9-15(16)20(24)25)22(19(14)23)28(26,27)18-11-7-4-8-13(18)2/h4-11,14,17,21H,3,12H2,1-2H3,(H,24,25)/t14-,17+/m1/s1. The van der Waals surface area contributed by atoms with Crippen molar-refractivity contribution in [3.8, 4) is 0 Å². The second-order valence-corrected chi connectivity index (χ2v) is 8.50. The maximum Gasteiger partial charge on any atom is 0.337 e. The van der Waals surface area contributed by atoms with Crippen molar-refractivity contribution in [1.29, 1.82) is 0 Å². The summed E-state index contributed by atoms with van der Waals surface area (Å²) in [6.45, 7) is 3.66. The summed E-state index contributed by atoms with van der Waals surface area (Å²) in [5.41, 5.74) is 1.05. The fraction of sp³-hybridized carbons (Fsp3) is 0.300. The molecule has 3 rings (SSSR count). The van der Waals surface area contributed by atoms with E-state index in [4.69, 9.17) is 0 Å². The number of carbonyl (C=O) groups excluding carboxylic acids is 1. The number of hydrogen-bond donors (Lipinski definition) is 2. The summed E-state index contributed by atoms with van der Waals surface area (Å²) in [6.07, 6.45) is 0.506. The molecule has 8 heteroatoms. The van der Waals surface area contributed by atoms with Gasteiger partial charge in [-0.05, 0) is 37.1 Å². The predicted octanol–water partition coefficient (Wildman–Crippen LogP) is 2.73. The van der Waals surface area contributed by atoms with E-state index in [-0.39, 0.29) is 17.0 Å². The van der Waals surface area contributed by atoms with E-state index in [0.717, 1.165) is 4.31 Å². The Balaban J connectivity index is 1.88. The fourth-order valence-corrected chi connectivity index (χ4v) is 5.42.